The van der Waals surface area contributed by atoms with Gasteiger partial charge in [0, 0.05) is 24.2 Å². The number of halogens is 1. The molecule has 9 heteroatoms. The molecule has 4 rings (SSSR count). The van der Waals surface area contributed by atoms with Crippen molar-refractivity contribution in [2.45, 2.75) is 26.4 Å². The Hall–Kier alpha value is -3.26. The molecule has 0 saturated heterocycles. The number of benzene rings is 1. The van der Waals surface area contributed by atoms with E-state index < -0.39 is 0 Å². The lowest BCUT2D eigenvalue weighted by molar-refractivity contribution is -0.121. The second-order valence-electron chi connectivity index (χ2n) is 6.27. The van der Waals surface area contributed by atoms with Crippen LogP contribution in [-0.2, 0) is 24.3 Å². The smallest absolute Gasteiger partial charge is 0.297 e. The number of hydrogen-bond acceptors (Lipinski definition) is 5. The van der Waals surface area contributed by atoms with Gasteiger partial charge in [0.25, 0.3) is 5.56 Å². The van der Waals surface area contributed by atoms with Gasteiger partial charge in [-0.2, -0.15) is 0 Å². The zero-order valence-corrected chi connectivity index (χ0v) is 15.8. The zero-order chi connectivity index (χ0) is 19.7. The summed E-state index contributed by atoms with van der Waals surface area (Å²) in [7, 11) is 0. The van der Waals surface area contributed by atoms with Crippen LogP contribution >= 0.6 is 11.6 Å². The van der Waals surface area contributed by atoms with E-state index >= 15 is 0 Å². The van der Waals surface area contributed by atoms with E-state index in [2.05, 4.69) is 20.5 Å². The van der Waals surface area contributed by atoms with Gasteiger partial charge in [0.2, 0.25) is 11.6 Å². The van der Waals surface area contributed by atoms with Gasteiger partial charge < -0.3 is 5.32 Å². The quantitative estimate of drug-likeness (QED) is 0.556. The van der Waals surface area contributed by atoms with Gasteiger partial charge in [-0.3, -0.25) is 18.6 Å². The molecule has 0 aliphatic carbocycles. The summed E-state index contributed by atoms with van der Waals surface area (Å²) in [6.07, 6.45) is 2.24. The van der Waals surface area contributed by atoms with Crippen molar-refractivity contribution in [1.82, 2.24) is 29.5 Å². The molecule has 3 aromatic heterocycles. The van der Waals surface area contributed by atoms with Crippen LogP contribution in [0.25, 0.3) is 16.8 Å². The van der Waals surface area contributed by atoms with Crippen LogP contribution in [0.2, 0.25) is 5.02 Å². The van der Waals surface area contributed by atoms with Crippen LogP contribution in [0.3, 0.4) is 0 Å². The van der Waals surface area contributed by atoms with E-state index in [1.165, 1.54) is 4.57 Å². The number of fused-ring (bicyclic) bond motifs is 3. The number of aryl methyl sites for hydroxylation is 1. The van der Waals surface area contributed by atoms with Crippen LogP contribution in [0.15, 0.2) is 47.4 Å². The van der Waals surface area contributed by atoms with Crippen molar-refractivity contribution in [2.24, 2.45) is 0 Å². The minimum absolute atomic E-state index is 0.146. The molecular formula is C19H17ClN6O2. The highest BCUT2D eigenvalue weighted by Crippen LogP contribution is 2.14. The summed E-state index contributed by atoms with van der Waals surface area (Å²) in [6.45, 7) is 2.10. The van der Waals surface area contributed by atoms with Gasteiger partial charge in [-0.1, -0.05) is 30.7 Å². The normalized spacial score (nSPS) is 11.2. The van der Waals surface area contributed by atoms with Gasteiger partial charge in [0.05, 0.1) is 5.52 Å². The Balaban J connectivity index is 1.69. The van der Waals surface area contributed by atoms with Crippen molar-refractivity contribution < 1.29 is 4.79 Å². The largest absolute Gasteiger partial charge is 0.350 e. The van der Waals surface area contributed by atoms with Gasteiger partial charge >= 0.3 is 0 Å². The monoisotopic (exact) mass is 396 g/mol. The molecule has 3 heterocycles. The van der Waals surface area contributed by atoms with Crippen molar-refractivity contribution in [3.63, 3.8) is 0 Å². The lowest BCUT2D eigenvalue weighted by Gasteiger charge is -2.12. The molecule has 1 aromatic carbocycles. The van der Waals surface area contributed by atoms with E-state index in [0.29, 0.717) is 35.0 Å². The molecule has 0 aliphatic rings. The molecule has 0 bridgehead atoms. The first-order chi connectivity index (χ1) is 13.6. The summed E-state index contributed by atoms with van der Waals surface area (Å²) in [5.74, 6) is 0.347. The average Bonchev–Trinajstić information content (AvgIpc) is 3.14. The van der Waals surface area contributed by atoms with Crippen LogP contribution in [0.5, 0.6) is 0 Å². The Bertz CT molecular complexity index is 1250. The molecule has 8 nitrogen and oxygen atoms in total. The van der Waals surface area contributed by atoms with E-state index in [-0.39, 0.29) is 23.7 Å². The van der Waals surface area contributed by atoms with E-state index in [1.54, 1.807) is 34.9 Å². The number of hydrogen-bond donors (Lipinski definition) is 1. The highest BCUT2D eigenvalue weighted by molar-refractivity contribution is 6.30. The van der Waals surface area contributed by atoms with Crippen LogP contribution in [-0.4, -0.2) is 30.1 Å². The third-order valence-electron chi connectivity index (χ3n) is 4.43. The van der Waals surface area contributed by atoms with Crippen molar-refractivity contribution in [3.05, 3.63) is 69.4 Å². The molecule has 0 aliphatic heterocycles. The molecule has 1 N–H and O–H groups in total. The highest BCUT2D eigenvalue weighted by Gasteiger charge is 2.18. The van der Waals surface area contributed by atoms with E-state index in [1.807, 2.05) is 19.1 Å². The van der Waals surface area contributed by atoms with Gasteiger partial charge in [0.15, 0.2) is 5.65 Å². The third-order valence-corrected chi connectivity index (χ3v) is 4.67. The second-order valence-corrected chi connectivity index (χ2v) is 6.71. The molecule has 0 saturated carbocycles. The lowest BCUT2D eigenvalue weighted by Crippen LogP contribution is -2.33. The number of nitrogens with zero attached hydrogens (tertiary/aromatic N) is 5. The predicted molar refractivity (Wildman–Crippen MR) is 105 cm³/mol. The fourth-order valence-corrected chi connectivity index (χ4v) is 3.33. The van der Waals surface area contributed by atoms with Gasteiger partial charge in [-0.15, -0.1) is 10.2 Å². The Morgan fingerprint density at radius 2 is 2.04 bits per heavy atom. The van der Waals surface area contributed by atoms with Crippen molar-refractivity contribution in [1.29, 1.82) is 0 Å². The lowest BCUT2D eigenvalue weighted by atomic mass is 10.2. The first-order valence-electron chi connectivity index (χ1n) is 8.81. The Morgan fingerprint density at radius 3 is 2.82 bits per heavy atom. The summed E-state index contributed by atoms with van der Waals surface area (Å²) >= 11 is 5.97. The van der Waals surface area contributed by atoms with Crippen LogP contribution < -0.4 is 10.9 Å². The number of amides is 1. The fraction of sp³-hybridized carbons (Fsp3) is 0.211. The minimum Gasteiger partial charge on any atom is -0.350 e. The number of carbonyl (C=O) groups is 1. The summed E-state index contributed by atoms with van der Waals surface area (Å²) in [6, 6.07) is 10.7. The third kappa shape index (κ3) is 3.22. The van der Waals surface area contributed by atoms with E-state index in [4.69, 9.17) is 11.6 Å². The Kier molecular flexibility index (Phi) is 4.79. The molecule has 0 unspecified atom stereocenters. The van der Waals surface area contributed by atoms with Crippen LogP contribution in [0.4, 0.5) is 0 Å². The first kappa shape index (κ1) is 18.1. The standard InChI is InChI=1S/C19H17ClN6O2/c1-2-15-23-24-18-19(28)25(14-7-4-8-21-17(14)26(15)18)11-16(27)22-10-12-5-3-6-13(20)9-12/h3-9H,2,10-11H2,1H3,(H,22,27). The molecule has 0 radical (unpaired) electrons. The highest BCUT2D eigenvalue weighted by atomic mass is 35.5. The predicted octanol–water partition coefficient (Wildman–Crippen LogP) is 1.97. The maximum atomic E-state index is 12.9. The molecule has 0 spiro atoms. The van der Waals surface area contributed by atoms with Crippen molar-refractivity contribution >= 4 is 34.3 Å². The average molecular weight is 397 g/mol. The number of nitrogens with one attached hydrogen (secondary N) is 1. The molecule has 0 atom stereocenters. The molecule has 28 heavy (non-hydrogen) atoms. The zero-order valence-electron chi connectivity index (χ0n) is 15.1. The van der Waals surface area contributed by atoms with E-state index in [0.717, 1.165) is 5.56 Å². The summed E-state index contributed by atoms with van der Waals surface area (Å²) < 4.78 is 3.02. The molecule has 1 amide bonds. The van der Waals surface area contributed by atoms with Crippen molar-refractivity contribution in [2.75, 3.05) is 0 Å². The van der Waals surface area contributed by atoms with Crippen molar-refractivity contribution in [3.8, 4) is 0 Å². The molecule has 0 fully saturated rings. The number of carbonyl (C=O) groups excluding carboxylic acids is 1. The first-order valence-corrected chi connectivity index (χ1v) is 9.19. The van der Waals surface area contributed by atoms with Gasteiger partial charge in [-0.05, 0) is 29.8 Å². The molecular weight excluding hydrogens is 380 g/mol. The number of rotatable bonds is 5. The Morgan fingerprint density at radius 1 is 1.18 bits per heavy atom. The van der Waals surface area contributed by atoms with Gasteiger partial charge in [0.1, 0.15) is 12.4 Å². The summed E-state index contributed by atoms with van der Waals surface area (Å²) in [5.41, 5.74) is 1.74. The van der Waals surface area contributed by atoms with Crippen LogP contribution in [0, 0.1) is 0 Å². The van der Waals surface area contributed by atoms with Gasteiger partial charge in [-0.25, -0.2) is 4.98 Å². The SMILES string of the molecule is CCc1nnc2c(=O)n(CC(=O)NCc3cccc(Cl)c3)c3cccnc3n12. The summed E-state index contributed by atoms with van der Waals surface area (Å²) in [5, 5.41) is 11.5. The maximum Gasteiger partial charge on any atom is 0.297 e. The van der Waals surface area contributed by atoms with Crippen LogP contribution in [0.1, 0.15) is 18.3 Å². The topological polar surface area (TPSA) is 94.2 Å². The van der Waals surface area contributed by atoms with E-state index in [9.17, 15) is 9.59 Å². The molecule has 142 valence electrons. The second kappa shape index (κ2) is 7.40. The number of pyridine rings is 1. The fourth-order valence-electron chi connectivity index (χ4n) is 3.11. The maximum absolute atomic E-state index is 12.9. The number of aromatic nitrogens is 5. The molecule has 4 aromatic rings. The minimum atomic E-state index is -0.384. The summed E-state index contributed by atoms with van der Waals surface area (Å²) in [4.78, 5) is 29.8. The Labute approximate surface area is 164 Å².